The second-order valence-electron chi connectivity index (χ2n) is 3.73. The van der Waals surface area contributed by atoms with Crippen LogP contribution < -0.4 is 0 Å². The molecule has 0 aliphatic rings. The highest BCUT2D eigenvalue weighted by Crippen LogP contribution is 2.22. The Labute approximate surface area is 101 Å². The molecular formula is C13H18O4. The van der Waals surface area contributed by atoms with Crippen molar-refractivity contribution in [3.8, 4) is 5.75 Å². The van der Waals surface area contributed by atoms with Crippen molar-refractivity contribution in [2.75, 3.05) is 20.3 Å². The van der Waals surface area contributed by atoms with Gasteiger partial charge in [0, 0.05) is 12.5 Å². The molecule has 0 saturated carbocycles. The van der Waals surface area contributed by atoms with Gasteiger partial charge >= 0.3 is 5.97 Å². The Balaban J connectivity index is 2.74. The highest BCUT2D eigenvalue weighted by Gasteiger charge is 2.16. The smallest absolute Gasteiger partial charge is 0.306 e. The van der Waals surface area contributed by atoms with Gasteiger partial charge in [-0.25, -0.2) is 0 Å². The normalized spacial score (nSPS) is 12.1. The molecule has 0 unspecified atom stereocenters. The molecule has 4 heteroatoms. The van der Waals surface area contributed by atoms with Crippen LogP contribution in [0, 0.1) is 0 Å². The van der Waals surface area contributed by atoms with E-state index < -0.39 is 0 Å². The minimum absolute atomic E-state index is 0.0389. The maximum atomic E-state index is 11.3. The van der Waals surface area contributed by atoms with Crippen molar-refractivity contribution in [3.05, 3.63) is 29.8 Å². The topological polar surface area (TPSA) is 55.8 Å². The standard InChI is InChI=1S/C13H18O4/c1-3-17-9-11(8-13(15)16-2)10-4-6-12(14)7-5-10/h4-7,11,14H,3,8-9H2,1-2H3/t11-/m1/s1. The molecule has 1 atom stereocenters. The maximum Gasteiger partial charge on any atom is 0.306 e. The van der Waals surface area contributed by atoms with Gasteiger partial charge in [-0.15, -0.1) is 0 Å². The number of carbonyl (C=O) groups excluding carboxylic acids is 1. The molecule has 17 heavy (non-hydrogen) atoms. The molecule has 1 rings (SSSR count). The quantitative estimate of drug-likeness (QED) is 0.771. The lowest BCUT2D eigenvalue weighted by Gasteiger charge is -2.16. The van der Waals surface area contributed by atoms with Crippen molar-refractivity contribution in [3.63, 3.8) is 0 Å². The molecule has 1 N–H and O–H groups in total. The van der Waals surface area contributed by atoms with Crippen molar-refractivity contribution in [2.24, 2.45) is 0 Å². The third kappa shape index (κ3) is 4.44. The molecule has 0 aliphatic carbocycles. The number of phenolic OH excluding ortho intramolecular Hbond substituents is 1. The van der Waals surface area contributed by atoms with Gasteiger partial charge in [0.25, 0.3) is 0 Å². The van der Waals surface area contributed by atoms with E-state index in [2.05, 4.69) is 4.74 Å². The zero-order valence-corrected chi connectivity index (χ0v) is 10.2. The van der Waals surface area contributed by atoms with Gasteiger partial charge in [-0.2, -0.15) is 0 Å². The van der Waals surface area contributed by atoms with Crippen LogP contribution in [0.25, 0.3) is 0 Å². The monoisotopic (exact) mass is 238 g/mol. The molecule has 0 aliphatic heterocycles. The third-order valence-corrected chi connectivity index (χ3v) is 2.53. The van der Waals surface area contributed by atoms with Gasteiger partial charge in [-0.3, -0.25) is 4.79 Å². The Hall–Kier alpha value is -1.55. The molecule has 0 saturated heterocycles. The fourth-order valence-electron chi connectivity index (χ4n) is 1.56. The second kappa shape index (κ2) is 6.91. The molecule has 0 amide bonds. The average Bonchev–Trinajstić information content (AvgIpc) is 2.35. The summed E-state index contributed by atoms with van der Waals surface area (Å²) < 4.78 is 10.0. The van der Waals surface area contributed by atoms with E-state index >= 15 is 0 Å². The van der Waals surface area contributed by atoms with E-state index in [1.165, 1.54) is 7.11 Å². The lowest BCUT2D eigenvalue weighted by molar-refractivity contribution is -0.141. The van der Waals surface area contributed by atoms with Gasteiger partial charge in [0.15, 0.2) is 0 Å². The molecule has 0 fully saturated rings. The van der Waals surface area contributed by atoms with Gasteiger partial charge in [0.2, 0.25) is 0 Å². The summed E-state index contributed by atoms with van der Waals surface area (Å²) in [6.45, 7) is 2.98. The van der Waals surface area contributed by atoms with Crippen LogP contribution in [-0.2, 0) is 14.3 Å². The SMILES string of the molecule is CCOC[C@@H](CC(=O)OC)c1ccc(O)cc1. The number of aromatic hydroxyl groups is 1. The summed E-state index contributed by atoms with van der Waals surface area (Å²) in [5, 5.41) is 9.22. The summed E-state index contributed by atoms with van der Waals surface area (Å²) >= 11 is 0. The lowest BCUT2D eigenvalue weighted by Crippen LogP contribution is -2.14. The van der Waals surface area contributed by atoms with Crippen LogP contribution in [0.4, 0.5) is 0 Å². The van der Waals surface area contributed by atoms with Gasteiger partial charge in [0.05, 0.1) is 20.1 Å². The highest BCUT2D eigenvalue weighted by molar-refractivity contribution is 5.70. The molecule has 0 heterocycles. The number of rotatable bonds is 6. The first-order valence-electron chi connectivity index (χ1n) is 5.60. The van der Waals surface area contributed by atoms with Crippen LogP contribution in [0.3, 0.4) is 0 Å². The summed E-state index contributed by atoms with van der Waals surface area (Å²) in [5.41, 5.74) is 0.960. The number of esters is 1. The Bertz CT molecular complexity index is 345. The third-order valence-electron chi connectivity index (χ3n) is 2.53. The predicted molar refractivity (Wildman–Crippen MR) is 64.0 cm³/mol. The number of benzene rings is 1. The van der Waals surface area contributed by atoms with Gasteiger partial charge in [0.1, 0.15) is 5.75 Å². The Morgan fingerprint density at radius 1 is 1.35 bits per heavy atom. The number of phenols is 1. The fraction of sp³-hybridized carbons (Fsp3) is 0.462. The first kappa shape index (κ1) is 13.5. The highest BCUT2D eigenvalue weighted by atomic mass is 16.5. The van der Waals surface area contributed by atoms with E-state index in [1.54, 1.807) is 24.3 Å². The van der Waals surface area contributed by atoms with E-state index in [0.717, 1.165) is 5.56 Å². The number of hydrogen-bond acceptors (Lipinski definition) is 4. The van der Waals surface area contributed by atoms with E-state index in [4.69, 9.17) is 4.74 Å². The molecule has 4 nitrogen and oxygen atoms in total. The summed E-state index contributed by atoms with van der Waals surface area (Å²) in [5.74, 6) is -0.0900. The first-order valence-corrected chi connectivity index (χ1v) is 5.60. The van der Waals surface area contributed by atoms with Crippen molar-refractivity contribution in [2.45, 2.75) is 19.3 Å². The van der Waals surface area contributed by atoms with E-state index in [9.17, 15) is 9.90 Å². The summed E-state index contributed by atoms with van der Waals surface area (Å²) in [4.78, 5) is 11.3. The number of ether oxygens (including phenoxy) is 2. The van der Waals surface area contributed by atoms with Crippen LogP contribution in [-0.4, -0.2) is 31.4 Å². The number of methoxy groups -OCH3 is 1. The van der Waals surface area contributed by atoms with Crippen molar-refractivity contribution < 1.29 is 19.4 Å². The Morgan fingerprint density at radius 3 is 2.53 bits per heavy atom. The predicted octanol–water partition coefficient (Wildman–Crippen LogP) is 2.08. The second-order valence-corrected chi connectivity index (χ2v) is 3.73. The largest absolute Gasteiger partial charge is 0.508 e. The molecule has 1 aromatic rings. The molecule has 0 radical (unpaired) electrons. The van der Waals surface area contributed by atoms with Crippen molar-refractivity contribution >= 4 is 5.97 Å². The van der Waals surface area contributed by atoms with Crippen LogP contribution >= 0.6 is 0 Å². The van der Waals surface area contributed by atoms with Crippen LogP contribution in [0.5, 0.6) is 5.75 Å². The fourth-order valence-corrected chi connectivity index (χ4v) is 1.56. The molecular weight excluding hydrogens is 220 g/mol. The van der Waals surface area contributed by atoms with Gasteiger partial charge in [-0.1, -0.05) is 12.1 Å². The Morgan fingerprint density at radius 2 is 2.00 bits per heavy atom. The minimum atomic E-state index is -0.261. The average molecular weight is 238 g/mol. The first-order chi connectivity index (χ1) is 8.17. The minimum Gasteiger partial charge on any atom is -0.508 e. The van der Waals surface area contributed by atoms with Crippen LogP contribution in [0.1, 0.15) is 24.8 Å². The van der Waals surface area contributed by atoms with Crippen molar-refractivity contribution in [1.29, 1.82) is 0 Å². The van der Waals surface area contributed by atoms with Gasteiger partial charge in [-0.05, 0) is 24.6 Å². The van der Waals surface area contributed by atoms with Crippen LogP contribution in [0.15, 0.2) is 24.3 Å². The zero-order valence-electron chi connectivity index (χ0n) is 10.2. The summed E-state index contributed by atoms with van der Waals surface area (Å²) in [7, 11) is 1.37. The molecule has 0 spiro atoms. The zero-order chi connectivity index (χ0) is 12.7. The molecule has 0 aromatic heterocycles. The summed E-state index contributed by atoms with van der Waals surface area (Å²) in [6, 6.07) is 6.79. The summed E-state index contributed by atoms with van der Waals surface area (Å²) in [6.07, 6.45) is 0.279. The maximum absolute atomic E-state index is 11.3. The molecule has 1 aromatic carbocycles. The molecule has 0 bridgehead atoms. The van der Waals surface area contributed by atoms with Crippen LogP contribution in [0.2, 0.25) is 0 Å². The van der Waals surface area contributed by atoms with E-state index in [1.807, 2.05) is 6.92 Å². The lowest BCUT2D eigenvalue weighted by atomic mass is 9.96. The van der Waals surface area contributed by atoms with E-state index in [-0.39, 0.29) is 24.1 Å². The van der Waals surface area contributed by atoms with E-state index in [0.29, 0.717) is 13.2 Å². The number of carbonyl (C=O) groups is 1. The van der Waals surface area contributed by atoms with Crippen molar-refractivity contribution in [1.82, 2.24) is 0 Å². The molecule has 94 valence electrons. The number of hydrogen-bond donors (Lipinski definition) is 1. The Kier molecular flexibility index (Phi) is 5.49. The van der Waals surface area contributed by atoms with Gasteiger partial charge < -0.3 is 14.6 Å².